The molecule has 1 heterocycles. The van der Waals surface area contributed by atoms with E-state index in [-0.39, 0.29) is 16.1 Å². The van der Waals surface area contributed by atoms with Gasteiger partial charge in [-0.1, -0.05) is 6.92 Å². The first kappa shape index (κ1) is 16.7. The van der Waals surface area contributed by atoms with E-state index in [1.807, 2.05) is 6.92 Å². The maximum absolute atomic E-state index is 11.3. The van der Waals surface area contributed by atoms with Gasteiger partial charge in [0.15, 0.2) is 5.75 Å². The van der Waals surface area contributed by atoms with Crippen LogP contribution in [-0.2, 0) is 14.8 Å². The van der Waals surface area contributed by atoms with Gasteiger partial charge in [0.1, 0.15) is 0 Å². The molecule has 0 unspecified atom stereocenters. The van der Waals surface area contributed by atoms with Crippen LogP contribution in [0, 0.1) is 15.5 Å². The zero-order valence-electron chi connectivity index (χ0n) is 12.1. The normalized spacial score (nSPS) is 17.9. The molecule has 2 N–H and O–H groups in total. The Morgan fingerprint density at radius 3 is 2.59 bits per heavy atom. The van der Waals surface area contributed by atoms with Crippen LogP contribution in [0.25, 0.3) is 0 Å². The number of nitrogens with zero attached hydrogens (tertiary/aromatic N) is 1. The third-order valence-electron chi connectivity index (χ3n) is 3.73. The Balaban J connectivity index is 2.21. The van der Waals surface area contributed by atoms with Gasteiger partial charge in [0.2, 0.25) is 10.0 Å². The van der Waals surface area contributed by atoms with Gasteiger partial charge in [-0.05, 0) is 25.0 Å². The van der Waals surface area contributed by atoms with Crippen LogP contribution in [0.15, 0.2) is 23.1 Å². The minimum atomic E-state index is -4.00. The number of benzene rings is 1. The van der Waals surface area contributed by atoms with Crippen molar-refractivity contribution in [1.29, 1.82) is 0 Å². The summed E-state index contributed by atoms with van der Waals surface area (Å²) in [7, 11) is -4.00. The number of rotatable bonds is 5. The number of hydrogen-bond donors (Lipinski definition) is 1. The van der Waals surface area contributed by atoms with E-state index in [1.54, 1.807) is 0 Å². The number of nitro benzene ring substituents is 1. The fourth-order valence-electron chi connectivity index (χ4n) is 2.20. The zero-order valence-corrected chi connectivity index (χ0v) is 13.0. The molecule has 1 aromatic carbocycles. The second-order valence-corrected chi connectivity index (χ2v) is 7.20. The van der Waals surface area contributed by atoms with Gasteiger partial charge in [0.25, 0.3) is 0 Å². The summed E-state index contributed by atoms with van der Waals surface area (Å²) in [5.74, 6) is 0.0325. The Kier molecular flexibility index (Phi) is 4.69. The summed E-state index contributed by atoms with van der Waals surface area (Å²) < 4.78 is 33.4. The highest BCUT2D eigenvalue weighted by Crippen LogP contribution is 2.34. The first-order chi connectivity index (χ1) is 10.2. The number of nitrogens with two attached hydrogens (primary N) is 1. The molecular weight excluding hydrogens is 312 g/mol. The highest BCUT2D eigenvalue weighted by molar-refractivity contribution is 7.89. The summed E-state index contributed by atoms with van der Waals surface area (Å²) in [5.41, 5.74) is -0.535. The van der Waals surface area contributed by atoms with Crippen LogP contribution in [0.2, 0.25) is 0 Å². The minimum Gasteiger partial charge on any atom is -0.486 e. The number of hydrogen-bond acceptors (Lipinski definition) is 6. The monoisotopic (exact) mass is 330 g/mol. The molecule has 1 aliphatic heterocycles. The molecule has 0 aliphatic carbocycles. The molecule has 0 atom stereocenters. The highest BCUT2D eigenvalue weighted by Gasteiger charge is 2.29. The summed E-state index contributed by atoms with van der Waals surface area (Å²) in [6.45, 7) is 3.59. The second kappa shape index (κ2) is 6.19. The van der Waals surface area contributed by atoms with Crippen molar-refractivity contribution < 1.29 is 22.8 Å². The Morgan fingerprint density at radius 2 is 2.05 bits per heavy atom. The summed E-state index contributed by atoms with van der Waals surface area (Å²) >= 11 is 0. The van der Waals surface area contributed by atoms with Crippen LogP contribution in [0.1, 0.15) is 19.8 Å². The lowest BCUT2D eigenvalue weighted by Gasteiger charge is -2.33. The van der Waals surface area contributed by atoms with Gasteiger partial charge in [-0.2, -0.15) is 0 Å². The molecule has 1 aliphatic rings. The molecular formula is C13H18N2O6S. The van der Waals surface area contributed by atoms with Crippen LogP contribution < -0.4 is 9.88 Å². The number of primary sulfonamides is 1. The first-order valence-electron chi connectivity index (χ1n) is 6.73. The van der Waals surface area contributed by atoms with Crippen molar-refractivity contribution in [3.05, 3.63) is 28.3 Å². The average Bonchev–Trinajstić information content (AvgIpc) is 2.44. The van der Waals surface area contributed by atoms with E-state index < -0.39 is 20.6 Å². The van der Waals surface area contributed by atoms with E-state index in [1.165, 1.54) is 12.1 Å². The molecule has 0 saturated carbocycles. The van der Waals surface area contributed by atoms with Gasteiger partial charge in [0, 0.05) is 24.7 Å². The van der Waals surface area contributed by atoms with Crippen molar-refractivity contribution >= 4 is 15.7 Å². The number of ether oxygens (including phenoxy) is 2. The van der Waals surface area contributed by atoms with Gasteiger partial charge in [-0.3, -0.25) is 10.1 Å². The average molecular weight is 330 g/mol. The summed E-state index contributed by atoms with van der Waals surface area (Å²) in [6.07, 6.45) is 1.60. The Labute approximate surface area is 128 Å². The largest absolute Gasteiger partial charge is 0.486 e. The molecule has 0 aromatic heterocycles. The van der Waals surface area contributed by atoms with Crippen LogP contribution in [0.4, 0.5) is 5.69 Å². The fraction of sp³-hybridized carbons (Fsp3) is 0.538. The van der Waals surface area contributed by atoms with Gasteiger partial charge in [-0.25, -0.2) is 13.6 Å². The highest BCUT2D eigenvalue weighted by atomic mass is 32.2. The minimum absolute atomic E-state index is 0.0325. The van der Waals surface area contributed by atoms with Crippen LogP contribution in [0.5, 0.6) is 5.75 Å². The molecule has 0 spiro atoms. The van der Waals surface area contributed by atoms with E-state index in [0.717, 1.165) is 18.9 Å². The van der Waals surface area contributed by atoms with E-state index in [4.69, 9.17) is 14.6 Å². The first-order valence-corrected chi connectivity index (χ1v) is 8.28. The quantitative estimate of drug-likeness (QED) is 0.644. The summed E-state index contributed by atoms with van der Waals surface area (Å²) in [5, 5.41) is 16.1. The van der Waals surface area contributed by atoms with Crippen molar-refractivity contribution in [1.82, 2.24) is 0 Å². The Bertz CT molecular complexity index is 667. The van der Waals surface area contributed by atoms with Crippen molar-refractivity contribution in [3.63, 3.8) is 0 Å². The Morgan fingerprint density at radius 1 is 1.41 bits per heavy atom. The lowest BCUT2D eigenvalue weighted by Crippen LogP contribution is -2.32. The molecule has 1 aromatic rings. The molecule has 1 fully saturated rings. The predicted molar refractivity (Wildman–Crippen MR) is 78.1 cm³/mol. The molecule has 1 saturated heterocycles. The molecule has 22 heavy (non-hydrogen) atoms. The third kappa shape index (κ3) is 3.93. The number of sulfonamides is 1. The molecule has 2 rings (SSSR count). The fourth-order valence-corrected chi connectivity index (χ4v) is 2.73. The molecule has 122 valence electrons. The topological polar surface area (TPSA) is 122 Å². The van der Waals surface area contributed by atoms with E-state index in [9.17, 15) is 18.5 Å². The van der Waals surface area contributed by atoms with Crippen molar-refractivity contribution in [2.75, 3.05) is 19.8 Å². The van der Waals surface area contributed by atoms with E-state index >= 15 is 0 Å². The van der Waals surface area contributed by atoms with Gasteiger partial charge >= 0.3 is 5.69 Å². The smallest absolute Gasteiger partial charge is 0.312 e. The van der Waals surface area contributed by atoms with E-state index in [2.05, 4.69) is 0 Å². The SMILES string of the molecule is CC1(COc2ccc(S(N)(=O)=O)cc2[N+](=O)[O-])CCOCC1. The molecule has 0 amide bonds. The number of nitro groups is 1. The van der Waals surface area contributed by atoms with Crippen LogP contribution in [-0.4, -0.2) is 33.2 Å². The van der Waals surface area contributed by atoms with Crippen molar-refractivity contribution in [2.45, 2.75) is 24.7 Å². The van der Waals surface area contributed by atoms with E-state index in [0.29, 0.717) is 19.8 Å². The molecule has 0 bridgehead atoms. The van der Waals surface area contributed by atoms with Crippen LogP contribution >= 0.6 is 0 Å². The molecule has 9 heteroatoms. The summed E-state index contributed by atoms with van der Waals surface area (Å²) in [4.78, 5) is 10.1. The Hall–Kier alpha value is -1.71. The standard InChI is InChI=1S/C13H18N2O6S/c1-13(4-6-20-7-5-13)9-21-12-3-2-10(22(14,18)19)8-11(12)15(16)17/h2-3,8H,4-7,9H2,1H3,(H2,14,18,19). The molecule has 0 radical (unpaired) electrons. The maximum atomic E-state index is 11.3. The maximum Gasteiger partial charge on any atom is 0.312 e. The second-order valence-electron chi connectivity index (χ2n) is 5.64. The van der Waals surface area contributed by atoms with Gasteiger partial charge in [-0.15, -0.1) is 0 Å². The lowest BCUT2D eigenvalue weighted by molar-refractivity contribution is -0.386. The zero-order chi connectivity index (χ0) is 16.4. The van der Waals surface area contributed by atoms with Crippen LogP contribution in [0.3, 0.4) is 0 Å². The van der Waals surface area contributed by atoms with Gasteiger partial charge in [0.05, 0.1) is 16.4 Å². The molecule has 8 nitrogen and oxygen atoms in total. The van der Waals surface area contributed by atoms with Crippen molar-refractivity contribution in [3.8, 4) is 5.75 Å². The predicted octanol–water partition coefficient (Wildman–Crippen LogP) is 1.44. The lowest BCUT2D eigenvalue weighted by atomic mass is 9.83. The summed E-state index contributed by atoms with van der Waals surface area (Å²) in [6, 6.07) is 3.38. The third-order valence-corrected chi connectivity index (χ3v) is 4.64. The van der Waals surface area contributed by atoms with Gasteiger partial charge < -0.3 is 9.47 Å². The van der Waals surface area contributed by atoms with Crippen molar-refractivity contribution in [2.24, 2.45) is 10.6 Å².